The number of nitrogens with one attached hydrogen (secondary N) is 1. The minimum absolute atomic E-state index is 0. The van der Waals surface area contributed by atoms with Crippen molar-refractivity contribution in [3.05, 3.63) is 0 Å². The molecule has 1 atom stereocenters. The minimum atomic E-state index is -4.27. The fourth-order valence-electron chi connectivity index (χ4n) is 1.00. The van der Waals surface area contributed by atoms with E-state index in [4.69, 9.17) is 0 Å². The molecule has 6 heteroatoms. The molecule has 12 heavy (non-hydrogen) atoms. The van der Waals surface area contributed by atoms with Crippen molar-refractivity contribution in [1.29, 1.82) is 0 Å². The first-order valence-electron chi connectivity index (χ1n) is 3.54. The molecule has 0 amide bonds. The summed E-state index contributed by atoms with van der Waals surface area (Å²) in [6.45, 7) is 5.61. The van der Waals surface area contributed by atoms with E-state index in [0.29, 0.717) is 12.3 Å². The molecular weight excluding hydrogens is 189 g/mol. The molecule has 0 bridgehead atoms. The summed E-state index contributed by atoms with van der Waals surface area (Å²) in [6.07, 6.45) is 0.682. The molecule has 0 aromatic heterocycles. The molecule has 4 nitrogen and oxygen atoms in total. The number of hydrogen-bond donors (Lipinski definition) is 1. The van der Waals surface area contributed by atoms with Crippen molar-refractivity contribution in [3.8, 4) is 0 Å². The van der Waals surface area contributed by atoms with Crippen LogP contribution in [0.5, 0.6) is 0 Å². The van der Waals surface area contributed by atoms with Crippen LogP contribution in [0, 0.1) is 5.92 Å². The Morgan fingerprint density at radius 3 is 2.00 bits per heavy atom. The zero-order valence-corrected chi connectivity index (χ0v) is 10.8. The van der Waals surface area contributed by atoms with Crippen LogP contribution in [0.25, 0.3) is 0 Å². The summed E-state index contributed by atoms with van der Waals surface area (Å²) in [6, 6.07) is -0.266. The topological polar surface area (TPSA) is 69.2 Å². The zero-order chi connectivity index (χ0) is 9.07. The summed E-state index contributed by atoms with van der Waals surface area (Å²) in [4.78, 5) is 0. The first-order chi connectivity index (χ1) is 4.81. The average Bonchev–Trinajstić information content (AvgIpc) is 1.53. The fraction of sp³-hybridized carbons (Fsp3) is 1.00. The molecule has 1 N–H and O–H groups in total. The summed E-state index contributed by atoms with van der Waals surface area (Å²) < 4.78 is 32.4. The smallest absolute Gasteiger partial charge is 0.735 e. The average molecular weight is 203 g/mol. The van der Waals surface area contributed by atoms with Gasteiger partial charge in [0.1, 0.15) is 0 Å². The van der Waals surface area contributed by atoms with Crippen LogP contribution in [0.1, 0.15) is 27.2 Å². The van der Waals surface area contributed by atoms with E-state index < -0.39 is 10.3 Å². The molecule has 0 saturated heterocycles. The Balaban J connectivity index is 0. The summed E-state index contributed by atoms with van der Waals surface area (Å²) in [5, 5.41) is 0. The van der Waals surface area contributed by atoms with Gasteiger partial charge in [0.2, 0.25) is 0 Å². The van der Waals surface area contributed by atoms with Crippen LogP contribution in [-0.4, -0.2) is 19.0 Å². The predicted octanol–water partition coefficient (Wildman–Crippen LogP) is -2.53. The third-order valence-electron chi connectivity index (χ3n) is 1.17. The van der Waals surface area contributed by atoms with E-state index in [1.807, 2.05) is 18.6 Å². The van der Waals surface area contributed by atoms with Crippen molar-refractivity contribution in [1.82, 2.24) is 4.72 Å². The van der Waals surface area contributed by atoms with E-state index in [2.05, 4.69) is 0 Å². The second-order valence-corrected chi connectivity index (χ2v) is 4.25. The third-order valence-corrected chi connectivity index (χ3v) is 1.86. The van der Waals surface area contributed by atoms with Crippen molar-refractivity contribution in [3.63, 3.8) is 0 Å². The van der Waals surface area contributed by atoms with Crippen LogP contribution in [0.3, 0.4) is 0 Å². The largest absolute Gasteiger partial charge is 1.00 e. The van der Waals surface area contributed by atoms with Gasteiger partial charge in [0.05, 0.1) is 0 Å². The van der Waals surface area contributed by atoms with Gasteiger partial charge in [0.25, 0.3) is 0 Å². The quantitative estimate of drug-likeness (QED) is 0.405. The maximum atomic E-state index is 10.2. The van der Waals surface area contributed by atoms with Gasteiger partial charge >= 0.3 is 29.6 Å². The van der Waals surface area contributed by atoms with Crippen LogP contribution in [0.15, 0.2) is 0 Å². The normalized spacial score (nSPS) is 14.1. The Morgan fingerprint density at radius 2 is 1.75 bits per heavy atom. The van der Waals surface area contributed by atoms with E-state index in [9.17, 15) is 13.0 Å². The van der Waals surface area contributed by atoms with Gasteiger partial charge in [-0.15, -0.1) is 0 Å². The Kier molecular flexibility index (Phi) is 8.11. The van der Waals surface area contributed by atoms with E-state index in [0.717, 1.165) is 0 Å². The van der Waals surface area contributed by atoms with Crippen LogP contribution >= 0.6 is 0 Å². The van der Waals surface area contributed by atoms with Gasteiger partial charge in [-0.2, -0.15) is 0 Å². The predicted molar refractivity (Wildman–Crippen MR) is 41.7 cm³/mol. The van der Waals surface area contributed by atoms with Crippen LogP contribution < -0.4 is 34.3 Å². The molecular formula is C6H14NNaO3S. The first-order valence-corrected chi connectivity index (χ1v) is 4.95. The Bertz CT molecular complexity index is 203. The summed E-state index contributed by atoms with van der Waals surface area (Å²) in [7, 11) is -4.27. The molecule has 0 spiro atoms. The maximum Gasteiger partial charge on any atom is 1.00 e. The molecule has 1 unspecified atom stereocenters. The van der Waals surface area contributed by atoms with Gasteiger partial charge in [0.15, 0.2) is 10.3 Å². The Morgan fingerprint density at radius 1 is 1.33 bits per heavy atom. The van der Waals surface area contributed by atoms with E-state index in [-0.39, 0.29) is 35.6 Å². The van der Waals surface area contributed by atoms with Gasteiger partial charge < -0.3 is 4.55 Å². The monoisotopic (exact) mass is 203 g/mol. The van der Waals surface area contributed by atoms with Crippen LogP contribution in [-0.2, 0) is 10.3 Å². The van der Waals surface area contributed by atoms with Crippen molar-refractivity contribution in [2.75, 3.05) is 0 Å². The third kappa shape index (κ3) is 10.9. The zero-order valence-electron chi connectivity index (χ0n) is 7.99. The second kappa shape index (κ2) is 6.34. The molecule has 0 saturated carbocycles. The summed E-state index contributed by atoms with van der Waals surface area (Å²) >= 11 is 0. The number of rotatable bonds is 4. The SMILES string of the molecule is CC(C)CC(C)NS(=O)(=O)[O-].[Na+]. The Labute approximate surface area is 96.3 Å². The molecule has 0 aromatic carbocycles. The van der Waals surface area contributed by atoms with Gasteiger partial charge in [-0.25, -0.2) is 13.1 Å². The van der Waals surface area contributed by atoms with Gasteiger partial charge in [-0.1, -0.05) is 13.8 Å². The van der Waals surface area contributed by atoms with E-state index in [1.165, 1.54) is 0 Å². The van der Waals surface area contributed by atoms with Gasteiger partial charge in [-0.05, 0) is 19.3 Å². The maximum absolute atomic E-state index is 10.2. The van der Waals surface area contributed by atoms with Crippen molar-refractivity contribution in [2.24, 2.45) is 5.92 Å². The molecule has 0 aliphatic heterocycles. The first kappa shape index (κ1) is 15.3. The van der Waals surface area contributed by atoms with Gasteiger partial charge in [0, 0.05) is 6.04 Å². The molecule has 0 fully saturated rings. The van der Waals surface area contributed by atoms with Crippen LogP contribution in [0.4, 0.5) is 0 Å². The Hall–Kier alpha value is 0.870. The molecule has 0 rings (SSSR count). The van der Waals surface area contributed by atoms with Crippen molar-refractivity contribution in [2.45, 2.75) is 33.2 Å². The molecule has 0 radical (unpaired) electrons. The van der Waals surface area contributed by atoms with E-state index >= 15 is 0 Å². The van der Waals surface area contributed by atoms with E-state index in [1.54, 1.807) is 6.92 Å². The molecule has 0 aromatic rings. The summed E-state index contributed by atoms with van der Waals surface area (Å²) in [5.41, 5.74) is 0. The second-order valence-electron chi connectivity index (χ2n) is 3.10. The minimum Gasteiger partial charge on any atom is -0.735 e. The number of hydrogen-bond acceptors (Lipinski definition) is 3. The van der Waals surface area contributed by atoms with Crippen LogP contribution in [0.2, 0.25) is 0 Å². The van der Waals surface area contributed by atoms with Crippen molar-refractivity contribution >= 4 is 10.3 Å². The molecule has 0 heterocycles. The van der Waals surface area contributed by atoms with Crippen molar-refractivity contribution < 1.29 is 42.5 Å². The fourth-order valence-corrected chi connectivity index (χ4v) is 1.59. The molecule has 0 aliphatic carbocycles. The summed E-state index contributed by atoms with van der Waals surface area (Å²) in [5.74, 6) is 0.388. The standard InChI is InChI=1S/C6H15NO3S.Na/c1-5(2)4-6(3)7-11(8,9)10;/h5-7H,4H2,1-3H3,(H,8,9,10);/q;+1/p-1. The van der Waals surface area contributed by atoms with Gasteiger partial charge in [-0.3, -0.25) is 0 Å². The molecule has 0 aliphatic rings. The molecule has 68 valence electrons.